The highest BCUT2D eigenvalue weighted by Crippen LogP contribution is 2.46. The predicted molar refractivity (Wildman–Crippen MR) is 146 cm³/mol. The van der Waals surface area contributed by atoms with E-state index in [0.717, 1.165) is 6.42 Å². The number of carboxylic acid groups (broad SMARTS) is 1. The Balaban J connectivity index is 1.39. The molecule has 4 N–H and O–H groups in total. The van der Waals surface area contributed by atoms with E-state index in [0.29, 0.717) is 44.6 Å². The van der Waals surface area contributed by atoms with Crippen molar-refractivity contribution in [2.45, 2.75) is 69.8 Å². The first-order valence-corrected chi connectivity index (χ1v) is 14.0. The van der Waals surface area contributed by atoms with Crippen LogP contribution < -0.4 is 25.6 Å². The summed E-state index contributed by atoms with van der Waals surface area (Å²) in [5.74, 6) is -1.44. The number of carbonyl (C=O) groups excluding carboxylic acids is 1. The summed E-state index contributed by atoms with van der Waals surface area (Å²) >= 11 is 6.10. The quantitative estimate of drug-likeness (QED) is 0.427. The molecule has 4 heterocycles. The fraction of sp³-hybridized carbons (Fsp3) is 0.556. The van der Waals surface area contributed by atoms with E-state index in [2.05, 4.69) is 15.3 Å². The molecule has 0 bridgehead atoms. The lowest BCUT2D eigenvalue weighted by Gasteiger charge is -2.43. The van der Waals surface area contributed by atoms with Gasteiger partial charge in [-0.1, -0.05) is 24.6 Å². The molecule has 1 aromatic heterocycles. The minimum atomic E-state index is -4.85. The van der Waals surface area contributed by atoms with Gasteiger partial charge >= 0.3 is 12.1 Å². The van der Waals surface area contributed by atoms with E-state index in [-0.39, 0.29) is 58.4 Å². The normalized spacial score (nSPS) is 23.3. The van der Waals surface area contributed by atoms with Crippen molar-refractivity contribution >= 4 is 40.9 Å². The summed E-state index contributed by atoms with van der Waals surface area (Å²) in [5.41, 5.74) is 5.50. The third kappa shape index (κ3) is 5.87. The van der Waals surface area contributed by atoms with Crippen molar-refractivity contribution in [3.05, 3.63) is 34.9 Å². The van der Waals surface area contributed by atoms with Crippen LogP contribution >= 0.6 is 11.6 Å². The first kappa shape index (κ1) is 29.2. The highest BCUT2D eigenvalue weighted by molar-refractivity contribution is 6.31. The van der Waals surface area contributed by atoms with E-state index in [1.54, 1.807) is 0 Å². The standard InChI is InChI=1S/C27H32ClF3N6O4/c1-2-19-26(14-17(33-19)24(39)40)7-10-36(11-8-26)20-13-21(35-25(32)34-20)41-23(27(29,30)31)16-6-5-15(28)12-18(16)37-9-3-4-22(37)38/h5-6,12-13,17,19,23,33H,2-4,7-11,14H2,1H3,(H,39,40)(H2,32,34,35)/t17?,19?,23-/m1/s1. The van der Waals surface area contributed by atoms with Gasteiger partial charge in [0.05, 0.1) is 5.69 Å². The second kappa shape index (κ2) is 11.2. The lowest BCUT2D eigenvalue weighted by molar-refractivity contribution is -0.198. The Morgan fingerprint density at radius 2 is 2.00 bits per heavy atom. The number of hydrogen-bond acceptors (Lipinski definition) is 8. The summed E-state index contributed by atoms with van der Waals surface area (Å²) in [4.78, 5) is 35.4. The molecule has 3 fully saturated rings. The number of alkyl halides is 3. The number of benzene rings is 1. The zero-order valence-corrected chi connectivity index (χ0v) is 23.2. The number of carbonyl (C=O) groups is 2. The van der Waals surface area contributed by atoms with Gasteiger partial charge in [-0.3, -0.25) is 9.59 Å². The van der Waals surface area contributed by atoms with Crippen molar-refractivity contribution in [1.29, 1.82) is 0 Å². The van der Waals surface area contributed by atoms with Crippen LogP contribution in [0.3, 0.4) is 0 Å². The maximum Gasteiger partial charge on any atom is 0.429 e. The number of rotatable bonds is 7. The zero-order chi connectivity index (χ0) is 29.5. The molecular weight excluding hydrogens is 565 g/mol. The van der Waals surface area contributed by atoms with Crippen LogP contribution in [-0.4, -0.2) is 64.8 Å². The summed E-state index contributed by atoms with van der Waals surface area (Å²) in [6.07, 6.45) is -3.86. The SMILES string of the molecule is CCC1NC(C(=O)O)CC12CCN(c1cc(O[C@H](c3ccc(Cl)cc3N3CCCC3=O)C(F)(F)F)nc(N)n1)CC2. The molecule has 222 valence electrons. The van der Waals surface area contributed by atoms with Gasteiger partial charge in [-0.15, -0.1) is 0 Å². The second-order valence-electron chi connectivity index (χ2n) is 10.9. The highest BCUT2D eigenvalue weighted by Gasteiger charge is 2.50. The van der Waals surface area contributed by atoms with Crippen LogP contribution in [-0.2, 0) is 9.59 Å². The molecule has 3 aliphatic heterocycles. The molecule has 2 unspecified atom stereocenters. The van der Waals surface area contributed by atoms with Gasteiger partial charge in [0.15, 0.2) is 0 Å². The number of nitrogens with zero attached hydrogens (tertiary/aromatic N) is 4. The highest BCUT2D eigenvalue weighted by atomic mass is 35.5. The summed E-state index contributed by atoms with van der Waals surface area (Å²) in [6.45, 7) is 3.33. The largest absolute Gasteiger partial charge is 0.480 e. The molecule has 5 rings (SSSR count). The number of nitrogens with two attached hydrogens (primary N) is 1. The number of anilines is 3. The number of amides is 1. The van der Waals surface area contributed by atoms with Gasteiger partial charge in [-0.25, -0.2) is 0 Å². The molecule has 1 amide bonds. The third-order valence-electron chi connectivity index (χ3n) is 8.42. The van der Waals surface area contributed by atoms with Crippen molar-refractivity contribution in [3.63, 3.8) is 0 Å². The van der Waals surface area contributed by atoms with E-state index < -0.39 is 24.3 Å². The molecule has 14 heteroatoms. The first-order valence-electron chi connectivity index (χ1n) is 13.6. The lowest BCUT2D eigenvalue weighted by atomic mass is 9.71. The van der Waals surface area contributed by atoms with Crippen molar-refractivity contribution in [2.75, 3.05) is 35.2 Å². The number of hydrogen-bond donors (Lipinski definition) is 3. The number of aromatic nitrogens is 2. The Morgan fingerprint density at radius 1 is 1.27 bits per heavy atom. The maximum atomic E-state index is 14.4. The van der Waals surface area contributed by atoms with Crippen LogP contribution in [0.5, 0.6) is 5.88 Å². The maximum absolute atomic E-state index is 14.4. The minimum Gasteiger partial charge on any atom is -0.480 e. The molecular formula is C27H32ClF3N6O4. The second-order valence-corrected chi connectivity index (χ2v) is 11.3. The van der Waals surface area contributed by atoms with Crippen LogP contribution in [0.4, 0.5) is 30.6 Å². The molecule has 0 radical (unpaired) electrons. The van der Waals surface area contributed by atoms with E-state index in [1.807, 2.05) is 11.8 Å². The molecule has 0 aliphatic carbocycles. The van der Waals surface area contributed by atoms with Crippen molar-refractivity contribution in [3.8, 4) is 5.88 Å². The van der Waals surface area contributed by atoms with E-state index in [9.17, 15) is 27.9 Å². The third-order valence-corrected chi connectivity index (χ3v) is 8.66. The first-order chi connectivity index (χ1) is 19.4. The van der Waals surface area contributed by atoms with Gasteiger partial charge in [0, 0.05) is 48.7 Å². The fourth-order valence-electron chi connectivity index (χ4n) is 6.43. The molecule has 10 nitrogen and oxygen atoms in total. The van der Waals surface area contributed by atoms with Gasteiger partial charge in [-0.2, -0.15) is 23.1 Å². The zero-order valence-electron chi connectivity index (χ0n) is 22.5. The summed E-state index contributed by atoms with van der Waals surface area (Å²) in [7, 11) is 0. The number of nitrogens with one attached hydrogen (secondary N) is 1. The van der Waals surface area contributed by atoms with Crippen LogP contribution in [0.15, 0.2) is 24.3 Å². The number of nitrogen functional groups attached to an aromatic ring is 1. The Kier molecular flexibility index (Phi) is 7.94. The summed E-state index contributed by atoms with van der Waals surface area (Å²) in [5, 5.41) is 13.0. The predicted octanol–water partition coefficient (Wildman–Crippen LogP) is 4.33. The number of aliphatic carboxylic acids is 1. The number of ether oxygens (including phenoxy) is 1. The van der Waals surface area contributed by atoms with Gasteiger partial charge in [0.1, 0.15) is 11.9 Å². The number of halogens is 4. The summed E-state index contributed by atoms with van der Waals surface area (Å²) in [6, 6.07) is 4.65. The fourth-order valence-corrected chi connectivity index (χ4v) is 6.59. The van der Waals surface area contributed by atoms with Gasteiger partial charge in [-0.05, 0) is 49.7 Å². The Hall–Kier alpha value is -3.32. The van der Waals surface area contributed by atoms with Crippen molar-refractivity contribution in [2.24, 2.45) is 5.41 Å². The monoisotopic (exact) mass is 596 g/mol. The molecule has 3 saturated heterocycles. The van der Waals surface area contributed by atoms with Crippen LogP contribution in [0.1, 0.15) is 57.1 Å². The lowest BCUT2D eigenvalue weighted by Crippen LogP contribution is -2.46. The van der Waals surface area contributed by atoms with Crippen LogP contribution in [0.2, 0.25) is 5.02 Å². The Morgan fingerprint density at radius 3 is 2.61 bits per heavy atom. The van der Waals surface area contributed by atoms with Gasteiger partial charge < -0.3 is 30.7 Å². The van der Waals surface area contributed by atoms with E-state index >= 15 is 0 Å². The van der Waals surface area contributed by atoms with Gasteiger partial charge in [0.2, 0.25) is 23.8 Å². The Bertz CT molecular complexity index is 1320. The molecule has 41 heavy (non-hydrogen) atoms. The Labute approximate surface area is 240 Å². The topological polar surface area (TPSA) is 134 Å². The van der Waals surface area contributed by atoms with Crippen LogP contribution in [0.25, 0.3) is 0 Å². The molecule has 1 spiro atoms. The molecule has 1 aromatic carbocycles. The molecule has 0 saturated carbocycles. The van der Waals surface area contributed by atoms with Gasteiger partial charge in [0.25, 0.3) is 0 Å². The number of carboxylic acids is 1. The van der Waals surface area contributed by atoms with E-state index in [4.69, 9.17) is 22.1 Å². The van der Waals surface area contributed by atoms with Crippen molar-refractivity contribution in [1.82, 2.24) is 15.3 Å². The molecule has 3 atom stereocenters. The smallest absolute Gasteiger partial charge is 0.429 e. The van der Waals surface area contributed by atoms with E-state index in [1.165, 1.54) is 29.2 Å². The summed E-state index contributed by atoms with van der Waals surface area (Å²) < 4.78 is 48.8. The minimum absolute atomic E-state index is 0.0428. The number of piperidine rings is 1. The molecule has 2 aromatic rings. The van der Waals surface area contributed by atoms with Crippen LogP contribution in [0, 0.1) is 5.41 Å². The van der Waals surface area contributed by atoms with Crippen molar-refractivity contribution < 1.29 is 32.6 Å². The molecule has 3 aliphatic rings. The average molecular weight is 597 g/mol. The average Bonchev–Trinajstić information content (AvgIpc) is 3.50.